The second-order valence-electron chi connectivity index (χ2n) is 9.57. The van der Waals surface area contributed by atoms with Crippen LogP contribution in [0.3, 0.4) is 0 Å². The molecule has 2 fully saturated rings. The fraction of sp³-hybridized carbons (Fsp3) is 0.600. The fourth-order valence-corrected chi connectivity index (χ4v) is 4.43. The van der Waals surface area contributed by atoms with Crippen molar-refractivity contribution >= 4 is 16.8 Å². The number of nitrogens with zero attached hydrogens (tertiary/aromatic N) is 4. The molecule has 32 heavy (non-hydrogen) atoms. The molecule has 174 valence electrons. The third-order valence-corrected chi connectivity index (χ3v) is 6.60. The van der Waals surface area contributed by atoms with Gasteiger partial charge in [-0.2, -0.15) is 0 Å². The van der Waals surface area contributed by atoms with Gasteiger partial charge >= 0.3 is 0 Å². The monoisotopic (exact) mass is 440 g/mol. The average Bonchev–Trinajstić information content (AvgIpc) is 3.59. The van der Waals surface area contributed by atoms with Crippen molar-refractivity contribution in [2.45, 2.75) is 32.7 Å². The number of aryl methyl sites for hydroxylation is 1. The molecule has 1 aliphatic heterocycles. The Bertz CT molecular complexity index is 1000. The van der Waals surface area contributed by atoms with Crippen molar-refractivity contribution in [1.82, 2.24) is 19.3 Å². The summed E-state index contributed by atoms with van der Waals surface area (Å²) in [5, 5.41) is 1.06. The summed E-state index contributed by atoms with van der Waals surface area (Å²) in [6.07, 6.45) is 3.53. The van der Waals surface area contributed by atoms with Crippen LogP contribution in [0.15, 0.2) is 29.1 Å². The van der Waals surface area contributed by atoms with Gasteiger partial charge in [0.25, 0.3) is 11.5 Å². The zero-order valence-electron chi connectivity index (χ0n) is 19.7. The number of pyridine rings is 1. The highest BCUT2D eigenvalue weighted by molar-refractivity contribution is 5.84. The smallest absolute Gasteiger partial charge is 0.260 e. The van der Waals surface area contributed by atoms with Gasteiger partial charge in [-0.1, -0.05) is 0 Å². The molecule has 0 bridgehead atoms. The van der Waals surface area contributed by atoms with Crippen LogP contribution < -0.4 is 10.3 Å². The van der Waals surface area contributed by atoms with Crippen LogP contribution in [0.1, 0.15) is 24.8 Å². The van der Waals surface area contributed by atoms with Crippen LogP contribution in [0.25, 0.3) is 10.9 Å². The molecule has 7 heteroatoms. The number of carbonyl (C=O) groups excluding carboxylic acids is 1. The van der Waals surface area contributed by atoms with Gasteiger partial charge in [0.2, 0.25) is 0 Å². The molecule has 1 aliphatic carbocycles. The molecular formula is C25H36N4O3. The minimum Gasteiger partial charge on any atom is -0.484 e. The van der Waals surface area contributed by atoms with Gasteiger partial charge in [0.05, 0.1) is 5.52 Å². The molecule has 2 aromatic rings. The molecule has 1 amide bonds. The summed E-state index contributed by atoms with van der Waals surface area (Å²) in [6, 6.07) is 7.54. The first kappa shape index (κ1) is 22.8. The Morgan fingerprint density at radius 1 is 1.12 bits per heavy atom. The third-order valence-electron chi connectivity index (χ3n) is 6.60. The lowest BCUT2D eigenvalue weighted by Crippen LogP contribution is -2.50. The van der Waals surface area contributed by atoms with Crippen LogP contribution >= 0.6 is 0 Å². The Balaban J connectivity index is 1.34. The Hall–Kier alpha value is -2.38. The molecule has 0 atom stereocenters. The van der Waals surface area contributed by atoms with Crippen molar-refractivity contribution < 1.29 is 9.53 Å². The number of aromatic nitrogens is 1. The first-order valence-corrected chi connectivity index (χ1v) is 11.8. The highest BCUT2D eigenvalue weighted by Gasteiger charge is 2.24. The summed E-state index contributed by atoms with van der Waals surface area (Å²) in [7, 11) is 4.19. The molecule has 2 heterocycles. The Morgan fingerprint density at radius 2 is 1.88 bits per heavy atom. The van der Waals surface area contributed by atoms with Crippen molar-refractivity contribution in [2.75, 3.05) is 60.0 Å². The van der Waals surface area contributed by atoms with Crippen LogP contribution in [-0.2, 0) is 11.3 Å². The van der Waals surface area contributed by atoms with Crippen molar-refractivity contribution in [3.05, 3.63) is 40.2 Å². The third kappa shape index (κ3) is 5.70. The zero-order chi connectivity index (χ0) is 22.7. The lowest BCUT2D eigenvalue weighted by atomic mass is 10.1. The Morgan fingerprint density at radius 3 is 2.56 bits per heavy atom. The predicted molar refractivity (Wildman–Crippen MR) is 127 cm³/mol. The maximum Gasteiger partial charge on any atom is 0.260 e. The van der Waals surface area contributed by atoms with E-state index in [0.717, 1.165) is 68.7 Å². The minimum absolute atomic E-state index is 0.0256. The number of piperazine rings is 1. The van der Waals surface area contributed by atoms with Crippen molar-refractivity contribution in [3.8, 4) is 5.75 Å². The van der Waals surface area contributed by atoms with Crippen molar-refractivity contribution in [1.29, 1.82) is 0 Å². The number of hydrogen-bond donors (Lipinski definition) is 0. The quantitative estimate of drug-likeness (QED) is 0.598. The van der Waals surface area contributed by atoms with Crippen molar-refractivity contribution in [2.24, 2.45) is 5.92 Å². The van der Waals surface area contributed by atoms with E-state index in [2.05, 4.69) is 23.9 Å². The van der Waals surface area contributed by atoms with Gasteiger partial charge in [0, 0.05) is 50.2 Å². The lowest BCUT2D eigenvalue weighted by Gasteiger charge is -2.34. The first-order chi connectivity index (χ1) is 15.4. The molecule has 4 rings (SSSR count). The number of ether oxygens (including phenoxy) is 1. The van der Waals surface area contributed by atoms with Crippen LogP contribution in [-0.4, -0.2) is 85.1 Å². The second-order valence-corrected chi connectivity index (χ2v) is 9.57. The molecule has 1 aromatic heterocycles. The summed E-state index contributed by atoms with van der Waals surface area (Å²) in [6.45, 7) is 8.27. The molecule has 1 saturated heterocycles. The number of amides is 1. The van der Waals surface area contributed by atoms with Crippen LogP contribution in [0, 0.1) is 12.8 Å². The Kier molecular flexibility index (Phi) is 7.16. The van der Waals surface area contributed by atoms with Gasteiger partial charge < -0.3 is 19.1 Å². The van der Waals surface area contributed by atoms with Gasteiger partial charge in [-0.15, -0.1) is 0 Å². The van der Waals surface area contributed by atoms with E-state index in [-0.39, 0.29) is 18.1 Å². The number of carbonyl (C=O) groups is 1. The summed E-state index contributed by atoms with van der Waals surface area (Å²) >= 11 is 0. The normalized spacial score (nSPS) is 17.3. The predicted octanol–water partition coefficient (Wildman–Crippen LogP) is 2.19. The first-order valence-electron chi connectivity index (χ1n) is 11.8. The number of hydrogen-bond acceptors (Lipinski definition) is 5. The SMILES string of the molecule is Cc1cc(=O)n(CC2CC2)c2cc(OCC(=O)N3CCN(CCCN(C)C)CC3)ccc12. The number of fused-ring (bicyclic) bond motifs is 1. The second kappa shape index (κ2) is 10.0. The van der Waals surface area contributed by atoms with E-state index in [9.17, 15) is 9.59 Å². The van der Waals surface area contributed by atoms with Crippen LogP contribution in [0.2, 0.25) is 0 Å². The highest BCUT2D eigenvalue weighted by atomic mass is 16.5. The minimum atomic E-state index is 0.0256. The molecule has 7 nitrogen and oxygen atoms in total. The van der Waals surface area contributed by atoms with E-state index in [1.807, 2.05) is 34.6 Å². The molecule has 0 unspecified atom stereocenters. The van der Waals surface area contributed by atoms with Gasteiger partial charge in [-0.3, -0.25) is 14.5 Å². The highest BCUT2D eigenvalue weighted by Crippen LogP contribution is 2.32. The maximum atomic E-state index is 12.7. The van der Waals surface area contributed by atoms with Gasteiger partial charge in [-0.25, -0.2) is 0 Å². The largest absolute Gasteiger partial charge is 0.484 e. The molecule has 1 aromatic carbocycles. The van der Waals surface area contributed by atoms with Gasteiger partial charge in [0.15, 0.2) is 6.61 Å². The maximum absolute atomic E-state index is 12.7. The number of rotatable bonds is 9. The van der Waals surface area contributed by atoms with Crippen LogP contribution in [0.4, 0.5) is 0 Å². The molecule has 2 aliphatic rings. The summed E-state index contributed by atoms with van der Waals surface area (Å²) in [4.78, 5) is 31.8. The molecular weight excluding hydrogens is 404 g/mol. The standard InChI is InChI=1S/C25H36N4O3/c1-19-15-24(30)29(17-20-5-6-20)23-16-21(7-8-22(19)23)32-18-25(31)28-13-11-27(12-14-28)10-4-9-26(2)3/h7-8,15-16,20H,4-6,9-14,17-18H2,1-3H3. The molecule has 1 saturated carbocycles. The van der Waals surface area contributed by atoms with E-state index in [1.54, 1.807) is 6.07 Å². The average molecular weight is 441 g/mol. The zero-order valence-corrected chi connectivity index (χ0v) is 19.7. The lowest BCUT2D eigenvalue weighted by molar-refractivity contribution is -0.135. The molecule has 0 spiro atoms. The van der Waals surface area contributed by atoms with E-state index in [0.29, 0.717) is 11.7 Å². The summed E-state index contributed by atoms with van der Waals surface area (Å²) < 4.78 is 7.74. The summed E-state index contributed by atoms with van der Waals surface area (Å²) in [5.41, 5.74) is 1.92. The van der Waals surface area contributed by atoms with Crippen LogP contribution in [0.5, 0.6) is 5.75 Å². The van der Waals surface area contributed by atoms with Gasteiger partial charge in [-0.05, 0) is 77.0 Å². The fourth-order valence-electron chi connectivity index (χ4n) is 4.43. The van der Waals surface area contributed by atoms with E-state index < -0.39 is 0 Å². The Labute approximate surface area is 190 Å². The van der Waals surface area contributed by atoms with Gasteiger partial charge in [0.1, 0.15) is 5.75 Å². The van der Waals surface area contributed by atoms with E-state index in [1.165, 1.54) is 12.8 Å². The summed E-state index contributed by atoms with van der Waals surface area (Å²) in [5.74, 6) is 1.27. The molecule has 0 radical (unpaired) electrons. The van der Waals surface area contributed by atoms with Crippen molar-refractivity contribution in [3.63, 3.8) is 0 Å². The topological polar surface area (TPSA) is 58.0 Å². The molecule has 0 N–H and O–H groups in total. The van der Waals surface area contributed by atoms with E-state index >= 15 is 0 Å². The number of benzene rings is 1. The van der Waals surface area contributed by atoms with E-state index in [4.69, 9.17) is 4.74 Å².